The van der Waals surface area contributed by atoms with Gasteiger partial charge >= 0.3 is 0 Å². The number of carbonyl (C=O) groups excluding carboxylic acids is 1. The van der Waals surface area contributed by atoms with Crippen molar-refractivity contribution in [3.05, 3.63) is 24.3 Å². The number of likely N-dealkylation sites (N-methyl/N-ethyl adjacent to an activating group) is 1. The van der Waals surface area contributed by atoms with E-state index in [0.29, 0.717) is 11.5 Å². The minimum Gasteiger partial charge on any atom is -0.482 e. The van der Waals surface area contributed by atoms with E-state index < -0.39 is 6.10 Å². The fourth-order valence-corrected chi connectivity index (χ4v) is 1.65. The van der Waals surface area contributed by atoms with E-state index in [1.807, 2.05) is 25.1 Å². The number of amides is 1. The molecule has 86 valence electrons. The van der Waals surface area contributed by atoms with Gasteiger partial charge in [-0.2, -0.15) is 0 Å². The lowest BCUT2D eigenvalue weighted by Crippen LogP contribution is -2.48. The van der Waals surface area contributed by atoms with E-state index in [1.54, 1.807) is 20.2 Å². The van der Waals surface area contributed by atoms with Crippen LogP contribution in [0.1, 0.15) is 6.92 Å². The molecule has 0 N–H and O–H groups in total. The second kappa shape index (κ2) is 4.04. The first-order valence-corrected chi connectivity index (χ1v) is 5.23. The van der Waals surface area contributed by atoms with E-state index in [9.17, 15) is 4.79 Å². The fourth-order valence-electron chi connectivity index (χ4n) is 1.65. The van der Waals surface area contributed by atoms with Crippen molar-refractivity contribution in [2.24, 2.45) is 0 Å². The molecule has 2 unspecified atom stereocenters. The number of nitrogens with zero attached hydrogens (tertiary/aromatic N) is 1. The van der Waals surface area contributed by atoms with Gasteiger partial charge in [0.1, 0.15) is 6.10 Å². The van der Waals surface area contributed by atoms with Crippen LogP contribution in [0.3, 0.4) is 0 Å². The topological polar surface area (TPSA) is 38.8 Å². The summed E-state index contributed by atoms with van der Waals surface area (Å²) in [7, 11) is 3.41. The Morgan fingerprint density at radius 3 is 2.31 bits per heavy atom. The average Bonchev–Trinajstić information content (AvgIpc) is 2.27. The first-order chi connectivity index (χ1) is 7.59. The number of hydrogen-bond acceptors (Lipinski definition) is 3. The van der Waals surface area contributed by atoms with Crippen LogP contribution in [0.25, 0.3) is 0 Å². The molecule has 1 aromatic rings. The maximum atomic E-state index is 11.8. The van der Waals surface area contributed by atoms with Crippen molar-refractivity contribution in [2.75, 3.05) is 14.1 Å². The van der Waals surface area contributed by atoms with Crippen LogP contribution in [-0.2, 0) is 4.79 Å². The second-order valence-corrected chi connectivity index (χ2v) is 4.04. The molecular weight excluding hydrogens is 206 g/mol. The summed E-state index contributed by atoms with van der Waals surface area (Å²) in [6.45, 7) is 1.84. The zero-order valence-electron chi connectivity index (χ0n) is 9.64. The van der Waals surface area contributed by atoms with Crippen molar-refractivity contribution in [3.63, 3.8) is 0 Å². The van der Waals surface area contributed by atoms with Crippen molar-refractivity contribution < 1.29 is 14.3 Å². The average molecular weight is 221 g/mol. The molecule has 1 aliphatic rings. The molecule has 0 bridgehead atoms. The summed E-state index contributed by atoms with van der Waals surface area (Å²) in [5, 5.41) is 0. The van der Waals surface area contributed by atoms with Crippen molar-refractivity contribution in [1.29, 1.82) is 0 Å². The second-order valence-electron chi connectivity index (χ2n) is 4.04. The van der Waals surface area contributed by atoms with Gasteiger partial charge in [-0.3, -0.25) is 4.79 Å². The highest BCUT2D eigenvalue weighted by molar-refractivity contribution is 5.81. The highest BCUT2D eigenvalue weighted by atomic mass is 16.6. The first-order valence-electron chi connectivity index (χ1n) is 5.23. The molecule has 1 aliphatic heterocycles. The quantitative estimate of drug-likeness (QED) is 0.717. The van der Waals surface area contributed by atoms with Crippen LogP contribution in [0.15, 0.2) is 24.3 Å². The number of benzene rings is 1. The van der Waals surface area contributed by atoms with E-state index in [1.165, 1.54) is 4.90 Å². The molecule has 1 amide bonds. The first kappa shape index (κ1) is 10.8. The molecule has 4 nitrogen and oxygen atoms in total. The summed E-state index contributed by atoms with van der Waals surface area (Å²) >= 11 is 0. The van der Waals surface area contributed by atoms with E-state index in [0.717, 1.165) is 0 Å². The molecule has 0 spiro atoms. The van der Waals surface area contributed by atoms with Crippen molar-refractivity contribution >= 4 is 5.91 Å². The molecule has 16 heavy (non-hydrogen) atoms. The summed E-state index contributed by atoms with van der Waals surface area (Å²) < 4.78 is 11.3. The Hall–Kier alpha value is -1.71. The zero-order chi connectivity index (χ0) is 11.7. The number of ether oxygens (including phenoxy) is 2. The van der Waals surface area contributed by atoms with Crippen LogP contribution in [0.2, 0.25) is 0 Å². The molecule has 0 saturated carbocycles. The molecule has 0 aromatic heterocycles. The standard InChI is InChI=1S/C12H15NO3/c1-8-11(12(14)13(2)3)16-10-7-5-4-6-9(10)15-8/h4-8,11H,1-3H3. The molecule has 4 heteroatoms. The van der Waals surface area contributed by atoms with Gasteiger partial charge in [-0.25, -0.2) is 0 Å². The van der Waals surface area contributed by atoms with Gasteiger partial charge in [0.05, 0.1) is 0 Å². The Morgan fingerprint density at radius 2 is 1.75 bits per heavy atom. The molecule has 1 aromatic carbocycles. The summed E-state index contributed by atoms with van der Waals surface area (Å²) in [6, 6.07) is 7.37. The van der Waals surface area contributed by atoms with E-state index in [2.05, 4.69) is 0 Å². The third kappa shape index (κ3) is 1.83. The van der Waals surface area contributed by atoms with Gasteiger partial charge in [-0.05, 0) is 19.1 Å². The highest BCUT2D eigenvalue weighted by Crippen LogP contribution is 2.33. The molecule has 1 heterocycles. The maximum Gasteiger partial charge on any atom is 0.267 e. The lowest BCUT2D eigenvalue weighted by molar-refractivity contribution is -0.141. The summed E-state index contributed by atoms with van der Waals surface area (Å²) in [5.74, 6) is 1.24. The predicted octanol–water partition coefficient (Wildman–Crippen LogP) is 1.30. The molecular formula is C12H15NO3. The van der Waals surface area contributed by atoms with Crippen molar-refractivity contribution in [3.8, 4) is 11.5 Å². The third-order valence-corrected chi connectivity index (χ3v) is 2.53. The Kier molecular flexibility index (Phi) is 2.73. The van der Waals surface area contributed by atoms with Crippen LogP contribution >= 0.6 is 0 Å². The van der Waals surface area contributed by atoms with E-state index >= 15 is 0 Å². The van der Waals surface area contributed by atoms with Gasteiger partial charge in [-0.15, -0.1) is 0 Å². The maximum absolute atomic E-state index is 11.8. The lowest BCUT2D eigenvalue weighted by Gasteiger charge is -2.32. The molecule has 2 atom stereocenters. The van der Waals surface area contributed by atoms with Crippen LogP contribution < -0.4 is 9.47 Å². The molecule has 0 aliphatic carbocycles. The number of fused-ring (bicyclic) bond motifs is 1. The van der Waals surface area contributed by atoms with Crippen LogP contribution in [0.5, 0.6) is 11.5 Å². The Labute approximate surface area is 94.8 Å². The zero-order valence-corrected chi connectivity index (χ0v) is 9.64. The molecule has 0 fully saturated rings. The number of rotatable bonds is 1. The smallest absolute Gasteiger partial charge is 0.267 e. The molecule has 2 rings (SSSR count). The van der Waals surface area contributed by atoms with Gasteiger partial charge in [-0.1, -0.05) is 12.1 Å². The van der Waals surface area contributed by atoms with Crippen LogP contribution in [0.4, 0.5) is 0 Å². The van der Waals surface area contributed by atoms with E-state index in [-0.39, 0.29) is 12.0 Å². The fraction of sp³-hybridized carbons (Fsp3) is 0.417. The predicted molar refractivity (Wildman–Crippen MR) is 59.6 cm³/mol. The number of para-hydroxylation sites is 2. The van der Waals surface area contributed by atoms with Crippen LogP contribution in [0, 0.1) is 0 Å². The largest absolute Gasteiger partial charge is 0.482 e. The molecule has 0 saturated heterocycles. The number of hydrogen-bond donors (Lipinski definition) is 0. The van der Waals surface area contributed by atoms with Gasteiger partial charge in [0.15, 0.2) is 11.5 Å². The third-order valence-electron chi connectivity index (χ3n) is 2.53. The SMILES string of the molecule is CC1Oc2ccccc2OC1C(=O)N(C)C. The lowest BCUT2D eigenvalue weighted by atomic mass is 10.1. The van der Waals surface area contributed by atoms with Gasteiger partial charge in [0.2, 0.25) is 6.10 Å². The summed E-state index contributed by atoms with van der Waals surface area (Å²) in [5.41, 5.74) is 0. The van der Waals surface area contributed by atoms with Gasteiger partial charge < -0.3 is 14.4 Å². The minimum atomic E-state index is -0.565. The minimum absolute atomic E-state index is 0.0815. The summed E-state index contributed by atoms with van der Waals surface area (Å²) in [4.78, 5) is 13.4. The monoisotopic (exact) mass is 221 g/mol. The Bertz CT molecular complexity index is 403. The Morgan fingerprint density at radius 1 is 1.19 bits per heavy atom. The highest BCUT2D eigenvalue weighted by Gasteiger charge is 2.34. The van der Waals surface area contributed by atoms with Gasteiger partial charge in [0.25, 0.3) is 5.91 Å². The van der Waals surface area contributed by atoms with Crippen LogP contribution in [-0.4, -0.2) is 37.1 Å². The normalized spacial score (nSPS) is 22.7. The summed E-state index contributed by atoms with van der Waals surface area (Å²) in [6.07, 6.45) is -0.838. The van der Waals surface area contributed by atoms with Crippen molar-refractivity contribution in [2.45, 2.75) is 19.1 Å². The van der Waals surface area contributed by atoms with Crippen molar-refractivity contribution in [1.82, 2.24) is 4.90 Å². The van der Waals surface area contributed by atoms with E-state index in [4.69, 9.17) is 9.47 Å². The van der Waals surface area contributed by atoms with Gasteiger partial charge in [0, 0.05) is 14.1 Å². The molecule has 0 radical (unpaired) electrons. The Balaban J connectivity index is 2.24. The number of carbonyl (C=O) groups is 1.